The van der Waals surface area contributed by atoms with E-state index >= 15 is 0 Å². The van der Waals surface area contributed by atoms with Gasteiger partial charge in [0.15, 0.2) is 0 Å². The molecule has 0 spiro atoms. The molecule has 1 aliphatic rings. The molecule has 0 aliphatic heterocycles. The lowest BCUT2D eigenvalue weighted by Gasteiger charge is -2.13. The number of halogens is 1. The van der Waals surface area contributed by atoms with Gasteiger partial charge >= 0.3 is 0 Å². The van der Waals surface area contributed by atoms with E-state index in [4.69, 9.17) is 11.6 Å². The molecule has 0 amide bonds. The minimum absolute atomic E-state index is 0.234. The molecule has 94 valence electrons. The summed E-state index contributed by atoms with van der Waals surface area (Å²) in [7, 11) is 0. The molecular weight excluding hydrogens is 252 g/mol. The van der Waals surface area contributed by atoms with Crippen LogP contribution in [0.15, 0.2) is 24.3 Å². The van der Waals surface area contributed by atoms with Crippen molar-refractivity contribution >= 4 is 23.4 Å². The van der Waals surface area contributed by atoms with Crippen molar-refractivity contribution in [2.75, 3.05) is 5.75 Å². The highest BCUT2D eigenvalue weighted by Gasteiger charge is 2.17. The predicted molar refractivity (Wildman–Crippen MR) is 75.9 cm³/mol. The molecule has 1 N–H and O–H groups in total. The quantitative estimate of drug-likeness (QED) is 0.875. The van der Waals surface area contributed by atoms with Gasteiger partial charge in [-0.1, -0.05) is 36.6 Å². The van der Waals surface area contributed by atoms with Crippen molar-refractivity contribution in [1.29, 1.82) is 0 Å². The van der Waals surface area contributed by atoms with Crippen LogP contribution in [0.1, 0.15) is 31.2 Å². The molecule has 2 rings (SSSR count). The van der Waals surface area contributed by atoms with E-state index in [0.717, 1.165) is 28.0 Å². The minimum Gasteiger partial charge on any atom is -0.392 e. The average molecular weight is 271 g/mol. The predicted octanol–water partition coefficient (Wildman–Crippen LogP) is 3.92. The third kappa shape index (κ3) is 4.53. The summed E-state index contributed by atoms with van der Waals surface area (Å²) in [5, 5.41) is 11.5. The van der Waals surface area contributed by atoms with Crippen LogP contribution in [-0.2, 0) is 6.42 Å². The van der Waals surface area contributed by atoms with Crippen LogP contribution in [0.25, 0.3) is 0 Å². The minimum atomic E-state index is -0.234. The Bertz CT molecular complexity index is 333. The Hall–Kier alpha value is -0.180. The summed E-state index contributed by atoms with van der Waals surface area (Å²) in [4.78, 5) is 0. The maximum atomic E-state index is 9.98. The van der Waals surface area contributed by atoms with Gasteiger partial charge in [-0.3, -0.25) is 0 Å². The van der Waals surface area contributed by atoms with E-state index < -0.39 is 0 Å². The van der Waals surface area contributed by atoms with Crippen molar-refractivity contribution in [3.05, 3.63) is 34.9 Å². The summed E-state index contributed by atoms with van der Waals surface area (Å²) >= 11 is 7.77. The van der Waals surface area contributed by atoms with Gasteiger partial charge in [0.2, 0.25) is 0 Å². The number of thioether (sulfide) groups is 1. The molecular formula is C14H19ClOS. The third-order valence-corrected chi connectivity index (χ3v) is 4.98. The van der Waals surface area contributed by atoms with Crippen LogP contribution in [0.3, 0.4) is 0 Å². The Balaban J connectivity index is 1.72. The molecule has 1 aliphatic carbocycles. The topological polar surface area (TPSA) is 20.2 Å². The van der Waals surface area contributed by atoms with Crippen molar-refractivity contribution in [2.45, 2.75) is 43.5 Å². The lowest BCUT2D eigenvalue weighted by atomic mass is 10.1. The van der Waals surface area contributed by atoms with Gasteiger partial charge in [0.25, 0.3) is 0 Å². The summed E-state index contributed by atoms with van der Waals surface area (Å²) in [6, 6.07) is 7.75. The zero-order valence-corrected chi connectivity index (χ0v) is 11.5. The molecule has 1 unspecified atom stereocenters. The number of benzene rings is 1. The van der Waals surface area contributed by atoms with E-state index in [1.54, 1.807) is 0 Å². The fraction of sp³-hybridized carbons (Fsp3) is 0.571. The van der Waals surface area contributed by atoms with Crippen LogP contribution in [0.2, 0.25) is 5.02 Å². The Kier molecular flexibility index (Phi) is 5.20. The summed E-state index contributed by atoms with van der Waals surface area (Å²) < 4.78 is 0. The van der Waals surface area contributed by atoms with Crippen molar-refractivity contribution in [2.24, 2.45) is 0 Å². The second-order valence-electron chi connectivity index (χ2n) is 4.72. The van der Waals surface area contributed by atoms with Crippen molar-refractivity contribution in [1.82, 2.24) is 0 Å². The molecule has 0 heterocycles. The Morgan fingerprint density at radius 3 is 2.53 bits per heavy atom. The smallest absolute Gasteiger partial charge is 0.0670 e. The van der Waals surface area contributed by atoms with E-state index in [2.05, 4.69) is 0 Å². The van der Waals surface area contributed by atoms with Gasteiger partial charge in [0, 0.05) is 16.0 Å². The van der Waals surface area contributed by atoms with Crippen LogP contribution < -0.4 is 0 Å². The highest BCUT2D eigenvalue weighted by atomic mass is 35.5. The molecule has 0 radical (unpaired) electrons. The Morgan fingerprint density at radius 2 is 1.88 bits per heavy atom. The second-order valence-corrected chi connectivity index (χ2v) is 6.49. The molecule has 0 saturated heterocycles. The van der Waals surface area contributed by atoms with Gasteiger partial charge in [0.1, 0.15) is 0 Å². The lowest BCUT2D eigenvalue weighted by molar-refractivity contribution is 0.200. The van der Waals surface area contributed by atoms with Gasteiger partial charge in [-0.2, -0.15) is 11.8 Å². The molecule has 17 heavy (non-hydrogen) atoms. The van der Waals surface area contributed by atoms with Crippen molar-refractivity contribution < 1.29 is 5.11 Å². The first-order valence-electron chi connectivity index (χ1n) is 6.28. The monoisotopic (exact) mass is 270 g/mol. The van der Waals surface area contributed by atoms with Gasteiger partial charge in [0.05, 0.1) is 6.10 Å². The maximum absolute atomic E-state index is 9.98. The molecule has 1 nitrogen and oxygen atoms in total. The number of rotatable bonds is 5. The van der Waals surface area contributed by atoms with E-state index in [1.807, 2.05) is 36.0 Å². The number of hydrogen-bond acceptors (Lipinski definition) is 2. The summed E-state index contributed by atoms with van der Waals surface area (Å²) in [6.07, 6.45) is 5.89. The molecule has 1 aromatic carbocycles. The summed E-state index contributed by atoms with van der Waals surface area (Å²) in [5.41, 5.74) is 1.16. The largest absolute Gasteiger partial charge is 0.392 e. The molecule has 1 aromatic rings. The van der Waals surface area contributed by atoms with Crippen molar-refractivity contribution in [3.8, 4) is 0 Å². The van der Waals surface area contributed by atoms with Crippen LogP contribution in [0.5, 0.6) is 0 Å². The SMILES string of the molecule is OC(CSC1CCCC1)Cc1ccc(Cl)cc1. The Labute approximate surface area is 113 Å². The Morgan fingerprint density at radius 1 is 1.24 bits per heavy atom. The first kappa shape index (κ1) is 13.3. The average Bonchev–Trinajstić information content (AvgIpc) is 2.83. The van der Waals surface area contributed by atoms with Crippen LogP contribution in [0, 0.1) is 0 Å². The number of aliphatic hydroxyl groups is 1. The number of aliphatic hydroxyl groups excluding tert-OH is 1. The number of hydrogen-bond donors (Lipinski definition) is 1. The maximum Gasteiger partial charge on any atom is 0.0670 e. The molecule has 1 atom stereocenters. The van der Waals surface area contributed by atoms with E-state index in [1.165, 1.54) is 25.7 Å². The molecule has 1 fully saturated rings. The van der Waals surface area contributed by atoms with Crippen molar-refractivity contribution in [3.63, 3.8) is 0 Å². The van der Waals surface area contributed by atoms with E-state index in [-0.39, 0.29) is 6.10 Å². The molecule has 3 heteroatoms. The zero-order chi connectivity index (χ0) is 12.1. The van der Waals surface area contributed by atoms with Crippen LogP contribution >= 0.6 is 23.4 Å². The highest BCUT2D eigenvalue weighted by molar-refractivity contribution is 7.99. The van der Waals surface area contributed by atoms with Gasteiger partial charge in [-0.15, -0.1) is 0 Å². The van der Waals surface area contributed by atoms with Crippen LogP contribution in [0.4, 0.5) is 0 Å². The lowest BCUT2D eigenvalue weighted by Crippen LogP contribution is -2.15. The van der Waals surface area contributed by atoms with Gasteiger partial charge < -0.3 is 5.11 Å². The zero-order valence-electron chi connectivity index (χ0n) is 9.94. The first-order valence-corrected chi connectivity index (χ1v) is 7.71. The standard InChI is InChI=1S/C14H19ClOS/c15-12-7-5-11(6-8-12)9-13(16)10-17-14-3-1-2-4-14/h5-8,13-14,16H,1-4,9-10H2. The van der Waals surface area contributed by atoms with Crippen LogP contribution in [-0.4, -0.2) is 22.2 Å². The molecule has 1 saturated carbocycles. The normalized spacial score (nSPS) is 18.5. The molecule has 0 aromatic heterocycles. The second kappa shape index (κ2) is 6.67. The molecule has 0 bridgehead atoms. The fourth-order valence-electron chi connectivity index (χ4n) is 2.25. The fourth-order valence-corrected chi connectivity index (χ4v) is 3.66. The van der Waals surface area contributed by atoms with Gasteiger partial charge in [-0.05, 0) is 37.0 Å². The highest BCUT2D eigenvalue weighted by Crippen LogP contribution is 2.30. The summed E-state index contributed by atoms with van der Waals surface area (Å²) in [5.74, 6) is 0.854. The first-order chi connectivity index (χ1) is 8.24. The van der Waals surface area contributed by atoms with E-state index in [0.29, 0.717) is 0 Å². The summed E-state index contributed by atoms with van der Waals surface area (Å²) in [6.45, 7) is 0. The van der Waals surface area contributed by atoms with Gasteiger partial charge in [-0.25, -0.2) is 0 Å². The van der Waals surface area contributed by atoms with E-state index in [9.17, 15) is 5.11 Å². The third-order valence-electron chi connectivity index (χ3n) is 3.21.